The van der Waals surface area contributed by atoms with Gasteiger partial charge >= 0.3 is 0 Å². The van der Waals surface area contributed by atoms with Crippen molar-refractivity contribution in [3.05, 3.63) is 71.7 Å². The summed E-state index contributed by atoms with van der Waals surface area (Å²) < 4.78 is 5.69. The number of aryl methyl sites for hydroxylation is 2. The van der Waals surface area contributed by atoms with Gasteiger partial charge in [-0.2, -0.15) is 0 Å². The van der Waals surface area contributed by atoms with Gasteiger partial charge in [0, 0.05) is 39.8 Å². The Morgan fingerprint density at radius 2 is 2.00 bits per heavy atom. The van der Waals surface area contributed by atoms with Crippen LogP contribution in [0.2, 0.25) is 0 Å². The molecule has 1 N–H and O–H groups in total. The van der Waals surface area contributed by atoms with Crippen LogP contribution in [0.1, 0.15) is 16.7 Å². The van der Waals surface area contributed by atoms with E-state index in [1.807, 2.05) is 37.3 Å². The smallest absolute Gasteiger partial charge is 0.228 e. The first-order valence-corrected chi connectivity index (χ1v) is 8.22. The number of furan rings is 1. The average molecular weight is 330 g/mol. The first kappa shape index (κ1) is 15.4. The summed E-state index contributed by atoms with van der Waals surface area (Å²) in [5.41, 5.74) is 4.86. The molecule has 0 aliphatic carbocycles. The summed E-state index contributed by atoms with van der Waals surface area (Å²) >= 11 is 0. The molecule has 4 nitrogen and oxygen atoms in total. The van der Waals surface area contributed by atoms with E-state index in [-0.39, 0.29) is 12.3 Å². The van der Waals surface area contributed by atoms with Crippen molar-refractivity contribution in [2.75, 3.05) is 5.32 Å². The Labute approximate surface area is 145 Å². The molecule has 0 spiro atoms. The van der Waals surface area contributed by atoms with Crippen LogP contribution in [-0.2, 0) is 11.2 Å². The molecule has 2 aromatic carbocycles. The minimum atomic E-state index is -0.0646. The largest absolute Gasteiger partial charge is 0.464 e. The molecule has 0 bridgehead atoms. The Morgan fingerprint density at radius 1 is 1.12 bits per heavy atom. The normalized spacial score (nSPS) is 11.1. The summed E-state index contributed by atoms with van der Waals surface area (Å²) in [6, 6.07) is 11.8. The van der Waals surface area contributed by atoms with Crippen LogP contribution in [0.3, 0.4) is 0 Å². The maximum absolute atomic E-state index is 12.6. The number of pyridine rings is 1. The van der Waals surface area contributed by atoms with E-state index in [1.165, 1.54) is 5.56 Å². The van der Waals surface area contributed by atoms with Gasteiger partial charge in [0.05, 0.1) is 12.7 Å². The van der Waals surface area contributed by atoms with E-state index >= 15 is 0 Å². The number of rotatable bonds is 3. The third-order valence-electron chi connectivity index (χ3n) is 4.65. The first-order valence-electron chi connectivity index (χ1n) is 8.22. The van der Waals surface area contributed by atoms with E-state index in [0.717, 1.165) is 38.6 Å². The second-order valence-corrected chi connectivity index (χ2v) is 6.27. The second kappa shape index (κ2) is 6.06. The third kappa shape index (κ3) is 2.76. The quantitative estimate of drug-likeness (QED) is 0.588. The van der Waals surface area contributed by atoms with Gasteiger partial charge in [0.25, 0.3) is 0 Å². The molecule has 4 aromatic rings. The number of hydrogen-bond acceptors (Lipinski definition) is 3. The molecule has 2 heterocycles. The van der Waals surface area contributed by atoms with Gasteiger partial charge in [0.2, 0.25) is 5.91 Å². The van der Waals surface area contributed by atoms with E-state index in [0.29, 0.717) is 0 Å². The van der Waals surface area contributed by atoms with Crippen molar-refractivity contribution >= 4 is 33.3 Å². The molecule has 2 aromatic heterocycles. The zero-order chi connectivity index (χ0) is 17.4. The van der Waals surface area contributed by atoms with Gasteiger partial charge in [-0.25, -0.2) is 0 Å². The lowest BCUT2D eigenvalue weighted by molar-refractivity contribution is -0.115. The minimum absolute atomic E-state index is 0.0646. The maximum Gasteiger partial charge on any atom is 0.228 e. The maximum atomic E-state index is 12.6. The van der Waals surface area contributed by atoms with Crippen LogP contribution < -0.4 is 5.32 Å². The van der Waals surface area contributed by atoms with Crippen LogP contribution >= 0.6 is 0 Å². The number of carbonyl (C=O) groups is 1. The number of benzene rings is 2. The van der Waals surface area contributed by atoms with Gasteiger partial charge in [-0.1, -0.05) is 24.3 Å². The van der Waals surface area contributed by atoms with Crippen LogP contribution in [0.4, 0.5) is 5.69 Å². The van der Waals surface area contributed by atoms with E-state index in [9.17, 15) is 4.79 Å². The molecule has 0 saturated heterocycles. The van der Waals surface area contributed by atoms with Crippen molar-refractivity contribution < 1.29 is 9.21 Å². The van der Waals surface area contributed by atoms with Crippen molar-refractivity contribution in [2.24, 2.45) is 0 Å². The molecule has 124 valence electrons. The number of aromatic nitrogens is 1. The Kier molecular flexibility index (Phi) is 3.73. The van der Waals surface area contributed by atoms with Crippen molar-refractivity contribution in [1.29, 1.82) is 0 Å². The van der Waals surface area contributed by atoms with Crippen LogP contribution in [0.25, 0.3) is 21.7 Å². The molecule has 1 amide bonds. The van der Waals surface area contributed by atoms with Gasteiger partial charge in [0.1, 0.15) is 5.58 Å². The molecule has 0 aliphatic rings. The third-order valence-corrected chi connectivity index (χ3v) is 4.65. The Hall–Kier alpha value is -3.14. The lowest BCUT2D eigenvalue weighted by atomic mass is 10.0. The molecule has 0 aliphatic heterocycles. The van der Waals surface area contributed by atoms with E-state index < -0.39 is 0 Å². The van der Waals surface area contributed by atoms with Crippen molar-refractivity contribution in [2.45, 2.75) is 20.3 Å². The topological polar surface area (TPSA) is 55.1 Å². The number of amides is 1. The standard InChI is InChI=1S/C21H18N2O2/c1-13-6-7-18-16(12-25-21(18)14(13)2)10-20(24)23-19-5-3-4-15-11-22-9-8-17(15)19/h3-9,11-12H,10H2,1-2H3,(H,23,24). The van der Waals surface area contributed by atoms with Gasteiger partial charge < -0.3 is 9.73 Å². The van der Waals surface area contributed by atoms with Gasteiger partial charge in [-0.3, -0.25) is 9.78 Å². The second-order valence-electron chi connectivity index (χ2n) is 6.27. The summed E-state index contributed by atoms with van der Waals surface area (Å²) in [5.74, 6) is -0.0646. The fourth-order valence-corrected chi connectivity index (χ4v) is 3.12. The fourth-order valence-electron chi connectivity index (χ4n) is 3.12. The van der Waals surface area contributed by atoms with E-state index in [1.54, 1.807) is 18.7 Å². The van der Waals surface area contributed by atoms with Gasteiger partial charge in [-0.05, 0) is 37.1 Å². The highest BCUT2D eigenvalue weighted by molar-refractivity contribution is 6.03. The molecule has 0 saturated carbocycles. The molecular weight excluding hydrogens is 312 g/mol. The minimum Gasteiger partial charge on any atom is -0.464 e. The van der Waals surface area contributed by atoms with Crippen molar-refractivity contribution in [3.63, 3.8) is 0 Å². The Bertz CT molecular complexity index is 1090. The van der Waals surface area contributed by atoms with Crippen LogP contribution in [0, 0.1) is 13.8 Å². The van der Waals surface area contributed by atoms with Gasteiger partial charge in [-0.15, -0.1) is 0 Å². The highest BCUT2D eigenvalue weighted by Gasteiger charge is 2.13. The van der Waals surface area contributed by atoms with Gasteiger partial charge in [0.15, 0.2) is 0 Å². The molecule has 0 radical (unpaired) electrons. The average Bonchev–Trinajstić information content (AvgIpc) is 3.02. The molecule has 0 unspecified atom stereocenters. The van der Waals surface area contributed by atoms with E-state index in [2.05, 4.69) is 23.3 Å². The monoisotopic (exact) mass is 330 g/mol. The Balaban J connectivity index is 1.61. The summed E-state index contributed by atoms with van der Waals surface area (Å²) in [6.07, 6.45) is 5.48. The number of anilines is 1. The van der Waals surface area contributed by atoms with Crippen LogP contribution in [0.15, 0.2) is 59.5 Å². The number of nitrogens with one attached hydrogen (secondary N) is 1. The molecular formula is C21H18N2O2. The molecule has 4 heteroatoms. The molecule has 0 fully saturated rings. The van der Waals surface area contributed by atoms with Crippen molar-refractivity contribution in [3.8, 4) is 0 Å². The van der Waals surface area contributed by atoms with Crippen molar-refractivity contribution in [1.82, 2.24) is 4.98 Å². The predicted molar refractivity (Wildman–Crippen MR) is 99.8 cm³/mol. The fraction of sp³-hybridized carbons (Fsp3) is 0.143. The Morgan fingerprint density at radius 3 is 2.88 bits per heavy atom. The number of nitrogens with zero attached hydrogens (tertiary/aromatic N) is 1. The molecule has 25 heavy (non-hydrogen) atoms. The van der Waals surface area contributed by atoms with E-state index in [4.69, 9.17) is 4.42 Å². The SMILES string of the molecule is Cc1ccc2c(CC(=O)Nc3cccc4cnccc34)coc2c1C. The number of carbonyl (C=O) groups excluding carboxylic acids is 1. The predicted octanol–water partition coefficient (Wildman–Crippen LogP) is 4.78. The summed E-state index contributed by atoms with van der Waals surface area (Å²) in [7, 11) is 0. The molecule has 4 rings (SSSR count). The molecule has 0 atom stereocenters. The lowest BCUT2D eigenvalue weighted by Gasteiger charge is -2.08. The van der Waals surface area contributed by atoms with Crippen LogP contribution in [-0.4, -0.2) is 10.9 Å². The number of hydrogen-bond donors (Lipinski definition) is 1. The zero-order valence-corrected chi connectivity index (χ0v) is 14.2. The lowest BCUT2D eigenvalue weighted by Crippen LogP contribution is -2.14. The summed E-state index contributed by atoms with van der Waals surface area (Å²) in [6.45, 7) is 4.09. The van der Waals surface area contributed by atoms with Crippen LogP contribution in [0.5, 0.6) is 0 Å². The zero-order valence-electron chi connectivity index (χ0n) is 14.2. The highest BCUT2D eigenvalue weighted by atomic mass is 16.3. The number of fused-ring (bicyclic) bond motifs is 2. The highest BCUT2D eigenvalue weighted by Crippen LogP contribution is 2.27. The summed E-state index contributed by atoms with van der Waals surface area (Å²) in [4.78, 5) is 16.7. The summed E-state index contributed by atoms with van der Waals surface area (Å²) in [5, 5.41) is 5.99. The first-order chi connectivity index (χ1) is 12.1.